The van der Waals surface area contributed by atoms with Gasteiger partial charge in [-0.05, 0) is 181 Å². The topological polar surface area (TPSA) is 88.8 Å². The first-order valence-corrected chi connectivity index (χ1v) is 26.7. The Balaban J connectivity index is 0.000000198. The van der Waals surface area contributed by atoms with Crippen molar-refractivity contribution in [3.63, 3.8) is 0 Å². The van der Waals surface area contributed by atoms with Gasteiger partial charge >= 0.3 is 0 Å². The molecule has 0 spiro atoms. The van der Waals surface area contributed by atoms with Crippen molar-refractivity contribution in [1.82, 2.24) is 19.6 Å². The van der Waals surface area contributed by atoms with Crippen LogP contribution >= 0.6 is 0 Å². The molecule has 4 aliphatic heterocycles. The van der Waals surface area contributed by atoms with E-state index in [0.29, 0.717) is 18.5 Å². The molecule has 4 aromatic carbocycles. The van der Waals surface area contributed by atoms with Crippen molar-refractivity contribution in [2.75, 3.05) is 58.1 Å². The van der Waals surface area contributed by atoms with Crippen LogP contribution in [0.3, 0.4) is 0 Å². The summed E-state index contributed by atoms with van der Waals surface area (Å²) in [6.45, 7) is 28.1. The number of anilines is 1. The van der Waals surface area contributed by atoms with E-state index in [2.05, 4.69) is 127 Å². The van der Waals surface area contributed by atoms with E-state index in [1.165, 1.54) is 116 Å². The van der Waals surface area contributed by atoms with Crippen molar-refractivity contribution in [3.05, 3.63) is 195 Å². The highest BCUT2D eigenvalue weighted by atomic mass is 19.1. The molecule has 4 N–H and O–H groups in total. The number of nitriles is 1. The largest absolute Gasteiger partial charge is 0.398 e. The molecule has 0 saturated carbocycles. The van der Waals surface area contributed by atoms with Gasteiger partial charge < -0.3 is 16.4 Å². The van der Waals surface area contributed by atoms with Gasteiger partial charge in [0.2, 0.25) is 0 Å². The van der Waals surface area contributed by atoms with Crippen LogP contribution < -0.4 is 11.5 Å². The van der Waals surface area contributed by atoms with Gasteiger partial charge in [-0.1, -0.05) is 117 Å². The van der Waals surface area contributed by atoms with Gasteiger partial charge in [0.15, 0.2) is 0 Å². The van der Waals surface area contributed by atoms with Crippen LogP contribution in [0.2, 0.25) is 0 Å². The Bertz CT molecular complexity index is 2380. The summed E-state index contributed by atoms with van der Waals surface area (Å²) in [5, 5.41) is 8.69. The minimum absolute atomic E-state index is 0.0457. The number of likely N-dealkylation sites (tertiary alicyclic amines) is 2. The van der Waals surface area contributed by atoms with Crippen molar-refractivity contribution >= 4 is 5.69 Å². The highest BCUT2D eigenvalue weighted by Crippen LogP contribution is 2.26. The number of hydrogen-bond acceptors (Lipinski definition) is 7. The first-order chi connectivity index (χ1) is 34.9. The monoisotopic (exact) mass is 980 g/mol. The van der Waals surface area contributed by atoms with E-state index in [1.807, 2.05) is 38.1 Å². The number of allylic oxidation sites excluding steroid dienone is 7. The maximum Gasteiger partial charge on any atom is 0.127 e. The molecule has 0 aliphatic carbocycles. The highest BCUT2D eigenvalue weighted by molar-refractivity contribution is 5.52. The molecule has 8 rings (SSSR count). The molecular weight excluding hydrogens is 893 g/mol. The number of nitrogen functional groups attached to an aromatic ring is 1. The maximum atomic E-state index is 13.4. The van der Waals surface area contributed by atoms with Crippen LogP contribution in [-0.2, 0) is 39.0 Å². The van der Waals surface area contributed by atoms with Gasteiger partial charge in [0, 0.05) is 69.3 Å². The Morgan fingerprint density at radius 1 is 0.736 bits per heavy atom. The average Bonchev–Trinajstić information content (AvgIpc) is 3.40. The number of fused-ring (bicyclic) bond motifs is 2. The number of hydrogen-bond donors (Lipinski definition) is 2. The number of likely N-dealkylation sites (N-methyl/N-ethyl adjacent to an activating group) is 1. The lowest BCUT2D eigenvalue weighted by molar-refractivity contribution is 0.221. The molecule has 0 bridgehead atoms. The van der Waals surface area contributed by atoms with Crippen LogP contribution in [0, 0.1) is 24.1 Å². The molecule has 0 amide bonds. The SMILES string of the molecule is C/C=C(\C=C/CC)N1CCCCC1.C=C/C=C(/F)C(CCN)=C(C)C.CCN1CCc2cccc(F)c2C1.Cc1ccc(CN2CCc3c(N)cccc3C2)cc1.N#Cc1ccc(CN2CCCCC2)cc1. The zero-order chi connectivity index (χ0) is 52.1. The molecule has 2 saturated heterocycles. The lowest BCUT2D eigenvalue weighted by atomic mass is 9.97. The summed E-state index contributed by atoms with van der Waals surface area (Å²) in [4.78, 5) is 9.75. The van der Waals surface area contributed by atoms with Crippen molar-refractivity contribution in [2.24, 2.45) is 5.73 Å². The second-order valence-corrected chi connectivity index (χ2v) is 19.4. The molecule has 388 valence electrons. The number of aryl methyl sites for hydroxylation is 1. The van der Waals surface area contributed by atoms with Gasteiger partial charge in [-0.2, -0.15) is 5.26 Å². The molecule has 4 aliphatic rings. The predicted molar refractivity (Wildman–Crippen MR) is 301 cm³/mol. The lowest BCUT2D eigenvalue weighted by Crippen LogP contribution is -2.30. The first kappa shape index (κ1) is 58.9. The number of piperidine rings is 2. The second-order valence-electron chi connectivity index (χ2n) is 19.4. The standard InChI is InChI=1S/C17H20N2.C13H16N2.C12H21N.C11H14FN.C10H16FN/c1-13-5-7-14(8-6-13)11-19-10-9-16-15(12-19)3-2-4-17(16)18;14-10-12-4-6-13(7-5-12)11-15-8-2-1-3-9-15;1-3-5-9-12(4-2)13-10-7-6-8-11-13;1-2-13-7-6-9-4-3-5-11(12)10(9)8-13;1-4-5-10(11)9(6-7-12)8(2)3/h2-8H,9-12,18H2,1H3;4-7H,1-3,8-9,11H2;4-5,9H,3,6-8,10-11H2,1-2H3;3-5H,2,6-8H2,1H3;4-5H,1,6-7,12H2,2-3H3/b;;9-5-,12-4+;;10-5+. The fourth-order valence-corrected chi connectivity index (χ4v) is 9.44. The number of benzene rings is 4. The van der Waals surface area contributed by atoms with Gasteiger partial charge in [-0.15, -0.1) is 0 Å². The van der Waals surface area contributed by atoms with Crippen molar-refractivity contribution < 1.29 is 8.78 Å². The Hall–Kier alpha value is -5.63. The highest BCUT2D eigenvalue weighted by Gasteiger charge is 2.19. The molecular formula is C63H87F2N7. The van der Waals surface area contributed by atoms with Gasteiger partial charge in [0.25, 0.3) is 0 Å². The van der Waals surface area contributed by atoms with E-state index in [4.69, 9.17) is 16.7 Å². The summed E-state index contributed by atoms with van der Waals surface area (Å²) >= 11 is 0. The predicted octanol–water partition coefficient (Wildman–Crippen LogP) is 13.9. The van der Waals surface area contributed by atoms with Crippen molar-refractivity contribution in [2.45, 2.75) is 132 Å². The zero-order valence-corrected chi connectivity index (χ0v) is 44.9. The maximum absolute atomic E-state index is 13.4. The van der Waals surface area contributed by atoms with E-state index < -0.39 is 0 Å². The minimum Gasteiger partial charge on any atom is -0.398 e. The third-order valence-corrected chi connectivity index (χ3v) is 13.7. The van der Waals surface area contributed by atoms with E-state index in [-0.39, 0.29) is 11.6 Å². The van der Waals surface area contributed by atoms with Gasteiger partial charge in [0.05, 0.1) is 11.6 Å². The molecule has 9 heteroatoms. The van der Waals surface area contributed by atoms with Crippen LogP contribution in [0.4, 0.5) is 14.5 Å². The van der Waals surface area contributed by atoms with Crippen LogP contribution in [-0.4, -0.2) is 72.0 Å². The van der Waals surface area contributed by atoms with Crippen LogP contribution in [0.1, 0.15) is 130 Å². The first-order valence-electron chi connectivity index (χ1n) is 26.7. The Morgan fingerprint density at radius 2 is 1.35 bits per heavy atom. The van der Waals surface area contributed by atoms with E-state index in [1.54, 1.807) is 12.1 Å². The van der Waals surface area contributed by atoms with Crippen molar-refractivity contribution in [3.8, 4) is 6.07 Å². The van der Waals surface area contributed by atoms with E-state index in [0.717, 1.165) is 87.5 Å². The molecule has 0 radical (unpaired) electrons. The summed E-state index contributed by atoms with van der Waals surface area (Å²) in [6.07, 6.45) is 21.4. The van der Waals surface area contributed by atoms with Crippen LogP contribution in [0.15, 0.2) is 145 Å². The summed E-state index contributed by atoms with van der Waals surface area (Å²) < 4.78 is 26.5. The number of halogens is 2. The summed E-state index contributed by atoms with van der Waals surface area (Å²) in [5.74, 6) is -0.272. The number of nitrogens with two attached hydrogens (primary N) is 2. The Labute approximate surface area is 434 Å². The second kappa shape index (κ2) is 33.2. The molecule has 0 unspecified atom stereocenters. The summed E-state index contributed by atoms with van der Waals surface area (Å²) in [7, 11) is 0. The van der Waals surface area contributed by atoms with Gasteiger partial charge in [0.1, 0.15) is 11.6 Å². The normalized spacial score (nSPS) is 16.1. The average molecular weight is 980 g/mol. The van der Waals surface area contributed by atoms with Gasteiger partial charge in [-0.25, -0.2) is 8.78 Å². The number of rotatable bonds is 12. The van der Waals surface area contributed by atoms with E-state index >= 15 is 0 Å². The Kier molecular flexibility index (Phi) is 27.1. The summed E-state index contributed by atoms with van der Waals surface area (Å²) in [6, 6.07) is 30.6. The zero-order valence-electron chi connectivity index (χ0n) is 44.9. The fraction of sp³-hybridized carbons (Fsp3) is 0.444. The Morgan fingerprint density at radius 3 is 1.94 bits per heavy atom. The molecule has 4 heterocycles. The fourth-order valence-electron chi connectivity index (χ4n) is 9.44. The molecule has 0 aromatic heterocycles. The smallest absolute Gasteiger partial charge is 0.127 e. The molecule has 7 nitrogen and oxygen atoms in total. The van der Waals surface area contributed by atoms with Crippen molar-refractivity contribution in [1.29, 1.82) is 5.26 Å². The van der Waals surface area contributed by atoms with Gasteiger partial charge in [-0.3, -0.25) is 14.7 Å². The molecule has 72 heavy (non-hydrogen) atoms. The van der Waals surface area contributed by atoms with Crippen LogP contribution in [0.25, 0.3) is 0 Å². The lowest BCUT2D eigenvalue weighted by Gasteiger charge is -2.29. The van der Waals surface area contributed by atoms with E-state index in [9.17, 15) is 8.78 Å². The molecule has 4 aromatic rings. The third-order valence-electron chi connectivity index (χ3n) is 13.7. The molecule has 2 fully saturated rings. The minimum atomic E-state index is -0.226. The summed E-state index contributed by atoms with van der Waals surface area (Å²) in [5.41, 5.74) is 25.0. The third kappa shape index (κ3) is 20.5. The molecule has 0 atom stereocenters. The van der Waals surface area contributed by atoms with Crippen LogP contribution in [0.5, 0.6) is 0 Å². The number of nitrogens with zero attached hydrogens (tertiary/aromatic N) is 5. The quantitative estimate of drug-likeness (QED) is 0.108.